The zero-order chi connectivity index (χ0) is 19.2. The van der Waals surface area contributed by atoms with E-state index in [9.17, 15) is 9.59 Å². The van der Waals surface area contributed by atoms with Crippen LogP contribution in [-0.4, -0.2) is 39.4 Å². The van der Waals surface area contributed by atoms with Crippen LogP contribution >= 0.6 is 0 Å². The van der Waals surface area contributed by atoms with E-state index in [1.165, 1.54) is 4.90 Å². The summed E-state index contributed by atoms with van der Waals surface area (Å²) in [5, 5.41) is 2.85. The third kappa shape index (κ3) is 2.90. The molecule has 0 aromatic carbocycles. The molecule has 27 heavy (non-hydrogen) atoms. The molecule has 2 amide bonds. The van der Waals surface area contributed by atoms with Crippen LogP contribution in [0.4, 0.5) is 5.82 Å². The molecule has 8 nitrogen and oxygen atoms in total. The zero-order valence-corrected chi connectivity index (χ0v) is 15.7. The molecule has 2 aromatic heterocycles. The average molecular weight is 369 g/mol. The standard InChI is InChI=1S/C19H23N5O3/c1-4-19(2)13-7-15(21-8-12(13)10-27-19)17(25)22-14-5-6-24-11-20-9-16(24)23(3)18(14)26/h7-9,11,14H,4-6,10H2,1-3H3,(H,22,25)/t14?,19-/m1/s1. The normalized spacial score (nSPS) is 24.3. The lowest BCUT2D eigenvalue weighted by molar-refractivity contribution is -0.120. The number of carbonyl (C=O) groups is 2. The molecule has 0 aliphatic carbocycles. The number of aromatic nitrogens is 3. The molecule has 0 radical (unpaired) electrons. The number of fused-ring (bicyclic) bond motifs is 2. The second-order valence-corrected chi connectivity index (χ2v) is 7.26. The zero-order valence-electron chi connectivity index (χ0n) is 15.7. The van der Waals surface area contributed by atoms with Gasteiger partial charge in [-0.1, -0.05) is 6.92 Å². The smallest absolute Gasteiger partial charge is 0.270 e. The lowest BCUT2D eigenvalue weighted by atomic mass is 9.92. The van der Waals surface area contributed by atoms with Crippen molar-refractivity contribution in [3.63, 3.8) is 0 Å². The number of pyridine rings is 1. The van der Waals surface area contributed by atoms with Crippen LogP contribution in [-0.2, 0) is 28.3 Å². The topological polar surface area (TPSA) is 89.3 Å². The van der Waals surface area contributed by atoms with Crippen LogP contribution in [0, 0.1) is 0 Å². The highest BCUT2D eigenvalue weighted by Crippen LogP contribution is 2.38. The van der Waals surface area contributed by atoms with Crippen molar-refractivity contribution >= 4 is 17.6 Å². The van der Waals surface area contributed by atoms with E-state index in [1.54, 1.807) is 31.8 Å². The number of imidazole rings is 1. The maximum absolute atomic E-state index is 12.8. The van der Waals surface area contributed by atoms with Crippen LogP contribution in [0.15, 0.2) is 24.8 Å². The van der Waals surface area contributed by atoms with Gasteiger partial charge in [-0.2, -0.15) is 0 Å². The van der Waals surface area contributed by atoms with E-state index in [1.807, 2.05) is 11.5 Å². The number of rotatable bonds is 3. The van der Waals surface area contributed by atoms with Crippen molar-refractivity contribution in [1.82, 2.24) is 19.9 Å². The Morgan fingerprint density at radius 1 is 1.44 bits per heavy atom. The number of ether oxygens (including phenoxy) is 1. The Hall–Kier alpha value is -2.74. The van der Waals surface area contributed by atoms with E-state index in [0.717, 1.165) is 23.4 Å². The van der Waals surface area contributed by atoms with Crippen LogP contribution in [0.1, 0.15) is 48.3 Å². The predicted molar refractivity (Wildman–Crippen MR) is 98.2 cm³/mol. The molecule has 1 unspecified atom stereocenters. The molecule has 4 rings (SSSR count). The Kier molecular flexibility index (Phi) is 4.22. The second-order valence-electron chi connectivity index (χ2n) is 7.26. The highest BCUT2D eigenvalue weighted by molar-refractivity contribution is 6.01. The van der Waals surface area contributed by atoms with Crippen LogP contribution in [0.3, 0.4) is 0 Å². The fourth-order valence-corrected chi connectivity index (χ4v) is 3.69. The molecule has 2 aliphatic heterocycles. The maximum Gasteiger partial charge on any atom is 0.270 e. The van der Waals surface area contributed by atoms with Crippen LogP contribution in [0.25, 0.3) is 0 Å². The van der Waals surface area contributed by atoms with Crippen LogP contribution in [0.5, 0.6) is 0 Å². The molecule has 0 fully saturated rings. The minimum atomic E-state index is -0.605. The van der Waals surface area contributed by atoms with Crippen molar-refractivity contribution in [2.45, 2.75) is 51.5 Å². The van der Waals surface area contributed by atoms with E-state index in [-0.39, 0.29) is 11.8 Å². The Bertz CT molecular complexity index is 909. The molecule has 0 saturated heterocycles. The molecule has 2 atom stereocenters. The monoisotopic (exact) mass is 369 g/mol. The summed E-state index contributed by atoms with van der Waals surface area (Å²) in [6.45, 7) is 5.19. The van der Waals surface area contributed by atoms with E-state index >= 15 is 0 Å². The number of amides is 2. The van der Waals surface area contributed by atoms with Gasteiger partial charge >= 0.3 is 0 Å². The molecule has 0 spiro atoms. The fraction of sp³-hybridized carbons (Fsp3) is 0.474. The lowest BCUT2D eigenvalue weighted by Gasteiger charge is -2.23. The van der Waals surface area contributed by atoms with Gasteiger partial charge < -0.3 is 14.6 Å². The summed E-state index contributed by atoms with van der Waals surface area (Å²) in [5.74, 6) is 0.216. The minimum absolute atomic E-state index is 0.162. The van der Waals surface area contributed by atoms with Crippen molar-refractivity contribution < 1.29 is 14.3 Å². The van der Waals surface area contributed by atoms with E-state index < -0.39 is 11.6 Å². The lowest BCUT2D eigenvalue weighted by Crippen LogP contribution is -2.47. The van der Waals surface area contributed by atoms with Crippen molar-refractivity contribution in [3.05, 3.63) is 41.6 Å². The van der Waals surface area contributed by atoms with Crippen molar-refractivity contribution in [1.29, 1.82) is 0 Å². The maximum atomic E-state index is 12.8. The highest BCUT2D eigenvalue weighted by Gasteiger charge is 2.35. The number of aryl methyl sites for hydroxylation is 1. The quantitative estimate of drug-likeness (QED) is 0.888. The van der Waals surface area contributed by atoms with Crippen LogP contribution in [0.2, 0.25) is 0 Å². The van der Waals surface area contributed by atoms with Gasteiger partial charge in [0, 0.05) is 25.4 Å². The van der Waals surface area contributed by atoms with Gasteiger partial charge in [-0.15, -0.1) is 0 Å². The summed E-state index contributed by atoms with van der Waals surface area (Å²) in [5.41, 5.74) is 1.91. The molecule has 142 valence electrons. The van der Waals surface area contributed by atoms with Crippen molar-refractivity contribution in [2.75, 3.05) is 11.9 Å². The largest absolute Gasteiger partial charge is 0.366 e. The number of nitrogens with one attached hydrogen (secondary N) is 1. The van der Waals surface area contributed by atoms with Gasteiger partial charge in [0.2, 0.25) is 0 Å². The van der Waals surface area contributed by atoms with Gasteiger partial charge in [0.15, 0.2) is 0 Å². The molecule has 0 bridgehead atoms. The Balaban J connectivity index is 1.54. The van der Waals surface area contributed by atoms with Gasteiger partial charge in [-0.25, -0.2) is 4.98 Å². The summed E-state index contributed by atoms with van der Waals surface area (Å²) in [7, 11) is 1.69. The molecule has 2 aromatic rings. The number of carbonyl (C=O) groups excluding carboxylic acids is 2. The van der Waals surface area contributed by atoms with Gasteiger partial charge in [0.05, 0.1) is 24.7 Å². The Morgan fingerprint density at radius 3 is 3.04 bits per heavy atom. The first-order valence-corrected chi connectivity index (χ1v) is 9.15. The third-order valence-electron chi connectivity index (χ3n) is 5.64. The van der Waals surface area contributed by atoms with E-state index in [4.69, 9.17) is 4.74 Å². The number of nitrogens with zero attached hydrogens (tertiary/aromatic N) is 4. The summed E-state index contributed by atoms with van der Waals surface area (Å²) >= 11 is 0. The van der Waals surface area contributed by atoms with Gasteiger partial charge in [-0.05, 0) is 31.4 Å². The van der Waals surface area contributed by atoms with Gasteiger partial charge in [0.25, 0.3) is 11.8 Å². The van der Waals surface area contributed by atoms with Crippen LogP contribution < -0.4 is 10.2 Å². The molecule has 1 N–H and O–H groups in total. The minimum Gasteiger partial charge on any atom is -0.366 e. The summed E-state index contributed by atoms with van der Waals surface area (Å²) < 4.78 is 7.78. The first-order chi connectivity index (χ1) is 12.9. The molecular weight excluding hydrogens is 346 g/mol. The van der Waals surface area contributed by atoms with Gasteiger partial charge in [-0.3, -0.25) is 19.5 Å². The number of likely N-dealkylation sites (N-methyl/N-ethyl adjacent to an activating group) is 1. The predicted octanol–water partition coefficient (Wildman–Crippen LogP) is 1.60. The average Bonchev–Trinajstić information content (AvgIpc) is 3.26. The van der Waals surface area contributed by atoms with Crippen molar-refractivity contribution in [2.24, 2.45) is 0 Å². The first-order valence-electron chi connectivity index (χ1n) is 9.15. The van der Waals surface area contributed by atoms with E-state index in [0.29, 0.717) is 25.3 Å². The van der Waals surface area contributed by atoms with Crippen molar-refractivity contribution in [3.8, 4) is 0 Å². The van der Waals surface area contributed by atoms with E-state index in [2.05, 4.69) is 22.2 Å². The molecule has 0 saturated carbocycles. The summed E-state index contributed by atoms with van der Waals surface area (Å²) in [6, 6.07) is 1.19. The number of anilines is 1. The molecular formula is C19H23N5O3. The van der Waals surface area contributed by atoms with Gasteiger partial charge in [0.1, 0.15) is 17.6 Å². The second kappa shape index (κ2) is 6.45. The Morgan fingerprint density at radius 2 is 2.26 bits per heavy atom. The molecule has 8 heteroatoms. The highest BCUT2D eigenvalue weighted by atomic mass is 16.5. The third-order valence-corrected chi connectivity index (χ3v) is 5.64. The number of hydrogen-bond acceptors (Lipinski definition) is 5. The Labute approximate surface area is 157 Å². The summed E-state index contributed by atoms with van der Waals surface area (Å²) in [6.07, 6.45) is 6.35. The summed E-state index contributed by atoms with van der Waals surface area (Å²) in [4.78, 5) is 35.4. The first kappa shape index (κ1) is 17.7. The fourth-order valence-electron chi connectivity index (χ4n) is 3.69. The molecule has 2 aliphatic rings. The SMILES string of the molecule is CC[C@@]1(C)OCc2cnc(C(=O)NC3CCn4cncc4N(C)C3=O)cc21. The molecule has 4 heterocycles. The number of hydrogen-bond donors (Lipinski definition) is 1.